The van der Waals surface area contributed by atoms with E-state index in [4.69, 9.17) is 5.11 Å². The monoisotopic (exact) mass is 259 g/mol. The summed E-state index contributed by atoms with van der Waals surface area (Å²) in [6.07, 6.45) is -0.0351. The first-order chi connectivity index (χ1) is 8.36. The molecule has 0 atom stereocenters. The zero-order valence-corrected chi connectivity index (χ0v) is 11.0. The molecule has 0 aliphatic heterocycles. The molecule has 0 aromatic carbocycles. The number of imide groups is 1. The Morgan fingerprint density at radius 2 is 1.89 bits per heavy atom. The summed E-state index contributed by atoms with van der Waals surface area (Å²) in [5.41, 5.74) is 0. The maximum atomic E-state index is 11.5. The summed E-state index contributed by atoms with van der Waals surface area (Å²) in [4.78, 5) is 34.8. The molecule has 0 unspecified atom stereocenters. The van der Waals surface area contributed by atoms with Crippen molar-refractivity contribution in [3.63, 3.8) is 0 Å². The Balaban J connectivity index is 4.19. The van der Waals surface area contributed by atoms with Gasteiger partial charge in [0.05, 0.1) is 13.0 Å². The quantitative estimate of drug-likeness (QED) is 0.598. The summed E-state index contributed by atoms with van der Waals surface area (Å²) in [5, 5.41) is 13.2. The number of carbonyl (C=O) groups excluding carboxylic acids is 2. The van der Waals surface area contributed by atoms with E-state index in [1.807, 2.05) is 13.8 Å². The number of nitrogens with one attached hydrogen (secondary N) is 2. The lowest BCUT2D eigenvalue weighted by atomic mass is 10.3. The van der Waals surface area contributed by atoms with Crippen LogP contribution in [-0.2, 0) is 9.59 Å². The Bertz CT molecular complexity index is 305. The van der Waals surface area contributed by atoms with E-state index in [0.29, 0.717) is 6.54 Å². The molecule has 3 amide bonds. The van der Waals surface area contributed by atoms with Crippen LogP contribution in [0.15, 0.2) is 0 Å². The number of hydrogen-bond donors (Lipinski definition) is 3. The van der Waals surface area contributed by atoms with E-state index in [9.17, 15) is 14.4 Å². The van der Waals surface area contributed by atoms with E-state index in [1.54, 1.807) is 11.8 Å². The minimum absolute atomic E-state index is 0.00206. The smallest absolute Gasteiger partial charge is 0.321 e. The molecule has 0 aliphatic carbocycles. The molecule has 0 radical (unpaired) electrons. The third kappa shape index (κ3) is 7.61. The average Bonchev–Trinajstić information content (AvgIpc) is 2.23. The van der Waals surface area contributed by atoms with Gasteiger partial charge in [0.25, 0.3) is 0 Å². The molecule has 0 saturated heterocycles. The van der Waals surface area contributed by atoms with E-state index >= 15 is 0 Å². The lowest BCUT2D eigenvalue weighted by Crippen LogP contribution is -2.46. The second-order valence-electron chi connectivity index (χ2n) is 4.12. The maximum absolute atomic E-state index is 11.5. The number of amides is 3. The second-order valence-corrected chi connectivity index (χ2v) is 4.12. The molecule has 0 fully saturated rings. The maximum Gasteiger partial charge on any atom is 0.321 e. The van der Waals surface area contributed by atoms with Crippen LogP contribution in [0.4, 0.5) is 4.79 Å². The molecular formula is C11H21N3O4. The summed E-state index contributed by atoms with van der Waals surface area (Å²) in [6, 6.07) is -0.506. The highest BCUT2D eigenvalue weighted by Gasteiger charge is 2.16. The fourth-order valence-electron chi connectivity index (χ4n) is 1.31. The highest BCUT2D eigenvalue weighted by molar-refractivity contribution is 5.95. The minimum atomic E-state index is -0.912. The standard InChI is InChI=1S/C11H21N3O4/c1-4-12-11(18)13-9(15)7-14(8(2)3)6-5-10(16)17/h8H,4-7H2,1-3H3,(H,16,17)(H2,12,13,15,18). The molecule has 0 bridgehead atoms. The lowest BCUT2D eigenvalue weighted by molar-refractivity contribution is -0.138. The third-order valence-electron chi connectivity index (χ3n) is 2.28. The van der Waals surface area contributed by atoms with Crippen LogP contribution in [-0.4, -0.2) is 53.6 Å². The topological polar surface area (TPSA) is 98.7 Å². The Labute approximate surface area is 107 Å². The van der Waals surface area contributed by atoms with E-state index in [1.165, 1.54) is 0 Å². The number of nitrogens with zero attached hydrogens (tertiary/aromatic N) is 1. The normalized spacial score (nSPS) is 10.5. The molecule has 0 aromatic heterocycles. The van der Waals surface area contributed by atoms with Gasteiger partial charge in [-0.1, -0.05) is 0 Å². The molecule has 3 N–H and O–H groups in total. The summed E-state index contributed by atoms with van der Waals surface area (Å²) in [6.45, 7) is 6.18. The Morgan fingerprint density at radius 1 is 1.28 bits per heavy atom. The average molecular weight is 259 g/mol. The predicted octanol–water partition coefficient (Wildman–Crippen LogP) is 0.0172. The molecule has 104 valence electrons. The van der Waals surface area contributed by atoms with Crippen molar-refractivity contribution in [1.29, 1.82) is 0 Å². The van der Waals surface area contributed by atoms with Crippen LogP contribution >= 0.6 is 0 Å². The molecule has 7 heteroatoms. The summed E-state index contributed by atoms with van der Waals surface area (Å²) < 4.78 is 0. The van der Waals surface area contributed by atoms with Crippen molar-refractivity contribution in [3.8, 4) is 0 Å². The van der Waals surface area contributed by atoms with Gasteiger partial charge in [-0.3, -0.25) is 19.8 Å². The van der Waals surface area contributed by atoms with E-state index in [-0.39, 0.29) is 25.6 Å². The number of carbonyl (C=O) groups is 3. The van der Waals surface area contributed by atoms with Crippen LogP contribution < -0.4 is 10.6 Å². The van der Waals surface area contributed by atoms with Gasteiger partial charge in [-0.15, -0.1) is 0 Å². The molecule has 0 aromatic rings. The third-order valence-corrected chi connectivity index (χ3v) is 2.28. The van der Waals surface area contributed by atoms with Crippen molar-refractivity contribution in [2.24, 2.45) is 0 Å². The molecule has 0 heterocycles. The lowest BCUT2D eigenvalue weighted by Gasteiger charge is -2.24. The number of carboxylic acids is 1. The van der Waals surface area contributed by atoms with E-state index < -0.39 is 17.9 Å². The fourth-order valence-corrected chi connectivity index (χ4v) is 1.31. The van der Waals surface area contributed by atoms with Crippen molar-refractivity contribution < 1.29 is 19.5 Å². The zero-order valence-electron chi connectivity index (χ0n) is 11.0. The first-order valence-electron chi connectivity index (χ1n) is 5.90. The van der Waals surface area contributed by atoms with Crippen LogP contribution in [0.25, 0.3) is 0 Å². The highest BCUT2D eigenvalue weighted by Crippen LogP contribution is 1.99. The number of carboxylic acid groups (broad SMARTS) is 1. The summed E-state index contributed by atoms with van der Waals surface area (Å²) >= 11 is 0. The van der Waals surface area contributed by atoms with Crippen LogP contribution in [0.5, 0.6) is 0 Å². The summed E-state index contributed by atoms with van der Waals surface area (Å²) in [5.74, 6) is -1.36. The Hall–Kier alpha value is -1.63. The van der Waals surface area contributed by atoms with Gasteiger partial charge in [0.1, 0.15) is 0 Å². The van der Waals surface area contributed by atoms with Crippen LogP contribution in [0.2, 0.25) is 0 Å². The van der Waals surface area contributed by atoms with Crippen LogP contribution in [0.3, 0.4) is 0 Å². The fraction of sp³-hybridized carbons (Fsp3) is 0.727. The molecule has 18 heavy (non-hydrogen) atoms. The first kappa shape index (κ1) is 16.4. The van der Waals surface area contributed by atoms with Crippen molar-refractivity contribution in [1.82, 2.24) is 15.5 Å². The number of rotatable bonds is 7. The Kier molecular flexibility index (Phi) is 7.69. The molecule has 0 aliphatic rings. The molecule has 7 nitrogen and oxygen atoms in total. The minimum Gasteiger partial charge on any atom is -0.481 e. The number of urea groups is 1. The van der Waals surface area contributed by atoms with Crippen LogP contribution in [0.1, 0.15) is 27.2 Å². The molecule has 0 rings (SSSR count). The largest absolute Gasteiger partial charge is 0.481 e. The first-order valence-corrected chi connectivity index (χ1v) is 5.90. The van der Waals surface area contributed by atoms with Gasteiger partial charge >= 0.3 is 12.0 Å². The highest BCUT2D eigenvalue weighted by atomic mass is 16.4. The van der Waals surface area contributed by atoms with Crippen LogP contribution in [0, 0.1) is 0 Å². The summed E-state index contributed by atoms with van der Waals surface area (Å²) in [7, 11) is 0. The predicted molar refractivity (Wildman–Crippen MR) is 66.2 cm³/mol. The van der Waals surface area contributed by atoms with Gasteiger partial charge in [0.15, 0.2) is 0 Å². The SMILES string of the molecule is CCNC(=O)NC(=O)CN(CCC(=O)O)C(C)C. The molecule has 0 saturated carbocycles. The van der Waals surface area contributed by atoms with Crippen molar-refractivity contribution in [2.45, 2.75) is 33.2 Å². The van der Waals surface area contributed by atoms with Gasteiger partial charge in [0.2, 0.25) is 5.91 Å². The number of aliphatic carboxylic acids is 1. The van der Waals surface area contributed by atoms with Gasteiger partial charge in [-0.25, -0.2) is 4.79 Å². The zero-order chi connectivity index (χ0) is 14.1. The van der Waals surface area contributed by atoms with E-state index in [0.717, 1.165) is 0 Å². The van der Waals surface area contributed by atoms with Gasteiger partial charge in [-0.05, 0) is 20.8 Å². The van der Waals surface area contributed by atoms with Crippen molar-refractivity contribution in [3.05, 3.63) is 0 Å². The van der Waals surface area contributed by atoms with Gasteiger partial charge < -0.3 is 10.4 Å². The van der Waals surface area contributed by atoms with Crippen molar-refractivity contribution in [2.75, 3.05) is 19.6 Å². The molecule has 0 spiro atoms. The van der Waals surface area contributed by atoms with Gasteiger partial charge in [0, 0.05) is 19.1 Å². The number of hydrogen-bond acceptors (Lipinski definition) is 4. The van der Waals surface area contributed by atoms with Gasteiger partial charge in [-0.2, -0.15) is 0 Å². The van der Waals surface area contributed by atoms with E-state index in [2.05, 4.69) is 10.6 Å². The second kappa shape index (κ2) is 8.46. The van der Waals surface area contributed by atoms with Crippen molar-refractivity contribution >= 4 is 17.9 Å². The molecular weight excluding hydrogens is 238 g/mol. The Morgan fingerprint density at radius 3 is 2.33 bits per heavy atom.